The standard InChI is InChI=1S/C38H32O/c39-37(23-10-2-1-3-11-23)24-20-21-28-27-14-6-7-17-31(27)38(34(28)22-24)32-18-8-15-29-25-12-4-5-13-26(25)30-16-9-19-33(38)36(30)35(29)32/h2,4-17,20-21,25-26,32-34H,1,3,18-19,22H2. The van der Waals surface area contributed by atoms with E-state index >= 15 is 0 Å². The van der Waals surface area contributed by atoms with Gasteiger partial charge in [0.25, 0.3) is 0 Å². The third-order valence-electron chi connectivity index (χ3n) is 11.0. The number of carbonyl (C=O) groups excluding carboxylic acids is 1. The Labute approximate surface area is 230 Å². The van der Waals surface area contributed by atoms with Gasteiger partial charge in [-0.1, -0.05) is 103 Å². The summed E-state index contributed by atoms with van der Waals surface area (Å²) in [4.78, 5) is 13.8. The van der Waals surface area contributed by atoms with Crippen molar-refractivity contribution < 1.29 is 4.79 Å². The van der Waals surface area contributed by atoms with Gasteiger partial charge in [-0.25, -0.2) is 0 Å². The zero-order chi connectivity index (χ0) is 25.7. The molecule has 8 aliphatic carbocycles. The maximum Gasteiger partial charge on any atom is 0.188 e. The fourth-order valence-electron chi connectivity index (χ4n) is 9.76. The number of allylic oxidation sites excluding steroid dienone is 20. The number of Topliss-reactive ketones (excluding diaryl/α,β-unsaturated/α-hetero) is 1. The van der Waals surface area contributed by atoms with Gasteiger partial charge in [-0.05, 0) is 88.9 Å². The fraction of sp³-hybridized carbons (Fsp3) is 0.289. The average Bonchev–Trinajstić information content (AvgIpc) is 3.48. The number of rotatable bonds is 2. The number of hydrogen-bond donors (Lipinski definition) is 0. The SMILES string of the molecule is O=C(C1=CCCC=C1)C1=CC=C2c3ccccc3C3(C2C1)C1CC=CC2=C1C1=C(C=CCC13)C1C=CC=CC21. The first-order valence-electron chi connectivity index (χ1n) is 14.9. The van der Waals surface area contributed by atoms with E-state index in [4.69, 9.17) is 0 Å². The number of hydrogen-bond acceptors (Lipinski definition) is 1. The van der Waals surface area contributed by atoms with Gasteiger partial charge in [0, 0.05) is 28.4 Å². The summed E-state index contributed by atoms with van der Waals surface area (Å²) in [5.74, 6) is 2.32. The van der Waals surface area contributed by atoms with Crippen molar-refractivity contribution in [2.24, 2.45) is 29.6 Å². The summed E-state index contributed by atoms with van der Waals surface area (Å²) >= 11 is 0. The van der Waals surface area contributed by atoms with Crippen LogP contribution in [-0.2, 0) is 10.2 Å². The predicted molar refractivity (Wildman–Crippen MR) is 158 cm³/mol. The molecule has 1 nitrogen and oxygen atoms in total. The Bertz CT molecular complexity index is 1610. The molecule has 1 spiro atoms. The van der Waals surface area contributed by atoms with E-state index in [0.717, 1.165) is 43.3 Å². The lowest BCUT2D eigenvalue weighted by molar-refractivity contribution is -0.112. The number of benzene rings is 1. The van der Waals surface area contributed by atoms with E-state index in [2.05, 4.69) is 97.2 Å². The molecule has 0 radical (unpaired) electrons. The largest absolute Gasteiger partial charge is 0.289 e. The molecule has 0 bridgehead atoms. The molecule has 1 aromatic rings. The second-order valence-corrected chi connectivity index (χ2v) is 12.5. The lowest BCUT2D eigenvalue weighted by Crippen LogP contribution is -2.43. The van der Waals surface area contributed by atoms with Gasteiger partial charge in [-0.15, -0.1) is 0 Å². The third-order valence-corrected chi connectivity index (χ3v) is 11.0. The van der Waals surface area contributed by atoms with Crippen LogP contribution >= 0.6 is 0 Å². The Morgan fingerprint density at radius 3 is 2.18 bits per heavy atom. The predicted octanol–water partition coefficient (Wildman–Crippen LogP) is 8.24. The van der Waals surface area contributed by atoms with Crippen LogP contribution in [0.5, 0.6) is 0 Å². The van der Waals surface area contributed by atoms with Gasteiger partial charge in [0.05, 0.1) is 0 Å². The molecule has 0 amide bonds. The van der Waals surface area contributed by atoms with Crippen LogP contribution < -0.4 is 0 Å². The molecule has 1 fully saturated rings. The van der Waals surface area contributed by atoms with Crippen LogP contribution in [0.3, 0.4) is 0 Å². The van der Waals surface area contributed by atoms with Crippen LogP contribution in [-0.4, -0.2) is 5.78 Å². The lowest BCUT2D eigenvalue weighted by atomic mass is 9.57. The van der Waals surface area contributed by atoms with Crippen molar-refractivity contribution in [2.75, 3.05) is 0 Å². The van der Waals surface area contributed by atoms with Crippen molar-refractivity contribution >= 4 is 11.4 Å². The molecule has 5 atom stereocenters. The smallest absolute Gasteiger partial charge is 0.188 e. The van der Waals surface area contributed by atoms with E-state index in [1.807, 2.05) is 6.08 Å². The van der Waals surface area contributed by atoms with Crippen LogP contribution in [0.1, 0.15) is 43.2 Å². The summed E-state index contributed by atoms with van der Waals surface area (Å²) in [6.45, 7) is 0. The molecule has 8 aliphatic rings. The highest BCUT2D eigenvalue weighted by atomic mass is 16.1. The first-order chi connectivity index (χ1) is 19.3. The van der Waals surface area contributed by atoms with Crippen molar-refractivity contribution in [3.63, 3.8) is 0 Å². The van der Waals surface area contributed by atoms with Crippen molar-refractivity contribution in [3.8, 4) is 0 Å². The molecule has 1 saturated carbocycles. The Morgan fingerprint density at radius 1 is 0.769 bits per heavy atom. The monoisotopic (exact) mass is 504 g/mol. The molecule has 1 aromatic carbocycles. The molecule has 9 rings (SSSR count). The highest BCUT2D eigenvalue weighted by Crippen LogP contribution is 2.72. The molecule has 0 heterocycles. The minimum absolute atomic E-state index is 0.0173. The minimum Gasteiger partial charge on any atom is -0.289 e. The van der Waals surface area contributed by atoms with E-state index in [9.17, 15) is 4.79 Å². The zero-order valence-corrected chi connectivity index (χ0v) is 22.1. The number of carbonyl (C=O) groups is 1. The summed E-state index contributed by atoms with van der Waals surface area (Å²) in [6.07, 6.45) is 35.0. The molecule has 0 aromatic heterocycles. The summed E-state index contributed by atoms with van der Waals surface area (Å²) < 4.78 is 0. The fourth-order valence-corrected chi connectivity index (χ4v) is 9.76. The van der Waals surface area contributed by atoms with Gasteiger partial charge < -0.3 is 0 Å². The quantitative estimate of drug-likeness (QED) is 0.396. The van der Waals surface area contributed by atoms with Gasteiger partial charge in [0.1, 0.15) is 0 Å². The Balaban J connectivity index is 1.27. The normalized spacial score (nSPS) is 35.9. The summed E-state index contributed by atoms with van der Waals surface area (Å²) in [6, 6.07) is 9.25. The molecule has 5 unspecified atom stereocenters. The molecular formula is C38H32O. The van der Waals surface area contributed by atoms with E-state index < -0.39 is 0 Å². The van der Waals surface area contributed by atoms with E-state index in [1.54, 1.807) is 22.3 Å². The Kier molecular flexibility index (Phi) is 4.49. The maximum absolute atomic E-state index is 13.8. The highest BCUT2D eigenvalue weighted by Gasteiger charge is 2.66. The van der Waals surface area contributed by atoms with E-state index in [1.165, 1.54) is 16.7 Å². The minimum atomic E-state index is -0.0173. The third kappa shape index (κ3) is 2.69. The van der Waals surface area contributed by atoms with Crippen LogP contribution in [0, 0.1) is 29.6 Å². The first kappa shape index (κ1) is 22.1. The second-order valence-electron chi connectivity index (χ2n) is 12.5. The Hall–Kier alpha value is -3.71. The lowest BCUT2D eigenvalue weighted by Gasteiger charge is -2.44. The van der Waals surface area contributed by atoms with Crippen molar-refractivity contribution in [1.29, 1.82) is 0 Å². The summed E-state index contributed by atoms with van der Waals surface area (Å²) in [5, 5.41) is 0. The molecule has 0 saturated heterocycles. The van der Waals surface area contributed by atoms with E-state index in [0.29, 0.717) is 29.6 Å². The van der Waals surface area contributed by atoms with Crippen LogP contribution in [0.4, 0.5) is 0 Å². The Morgan fingerprint density at radius 2 is 1.49 bits per heavy atom. The van der Waals surface area contributed by atoms with Gasteiger partial charge in [-0.3, -0.25) is 4.79 Å². The van der Waals surface area contributed by atoms with E-state index in [-0.39, 0.29) is 11.2 Å². The molecule has 0 aliphatic heterocycles. The number of fused-ring (bicyclic) bond motifs is 10. The molecule has 0 N–H and O–H groups in total. The molecule has 39 heavy (non-hydrogen) atoms. The van der Waals surface area contributed by atoms with Crippen LogP contribution in [0.15, 0.2) is 137 Å². The molecule has 1 heteroatoms. The topological polar surface area (TPSA) is 17.1 Å². The summed E-state index contributed by atoms with van der Waals surface area (Å²) in [5.41, 5.74) is 12.7. The van der Waals surface area contributed by atoms with Crippen molar-refractivity contribution in [1.82, 2.24) is 0 Å². The van der Waals surface area contributed by atoms with Gasteiger partial charge in [-0.2, -0.15) is 0 Å². The average molecular weight is 505 g/mol. The first-order valence-corrected chi connectivity index (χ1v) is 14.9. The van der Waals surface area contributed by atoms with Crippen LogP contribution in [0.2, 0.25) is 0 Å². The second kappa shape index (κ2) is 7.92. The van der Waals surface area contributed by atoms with Gasteiger partial charge >= 0.3 is 0 Å². The maximum atomic E-state index is 13.8. The van der Waals surface area contributed by atoms with Gasteiger partial charge in [0.15, 0.2) is 5.78 Å². The number of ketones is 1. The van der Waals surface area contributed by atoms with Gasteiger partial charge in [0.2, 0.25) is 0 Å². The highest BCUT2D eigenvalue weighted by molar-refractivity contribution is 6.11. The van der Waals surface area contributed by atoms with Crippen LogP contribution in [0.25, 0.3) is 5.57 Å². The molecular weight excluding hydrogens is 472 g/mol. The summed E-state index contributed by atoms with van der Waals surface area (Å²) in [7, 11) is 0. The van der Waals surface area contributed by atoms with Crippen molar-refractivity contribution in [3.05, 3.63) is 148 Å². The van der Waals surface area contributed by atoms with Crippen molar-refractivity contribution in [2.45, 2.75) is 37.5 Å². The zero-order valence-electron chi connectivity index (χ0n) is 22.1. The molecule has 190 valence electrons.